The summed E-state index contributed by atoms with van der Waals surface area (Å²) in [6.07, 6.45) is -1.62. The van der Waals surface area contributed by atoms with Crippen LogP contribution >= 0.6 is 11.6 Å². The van der Waals surface area contributed by atoms with Crippen molar-refractivity contribution in [3.63, 3.8) is 0 Å². The van der Waals surface area contributed by atoms with Crippen LogP contribution in [0.15, 0.2) is 18.2 Å². The van der Waals surface area contributed by atoms with Crippen LogP contribution in [0.3, 0.4) is 0 Å². The topological polar surface area (TPSA) is 98.8 Å². The molecule has 110 valence electrons. The second-order valence-electron chi connectivity index (χ2n) is 4.99. The standard InChI is InChI=1S/C13H18ClN3O3/c1-7(17-5-11(18)12(19)6-17)13(20)16-8-2-3-9(14)10(15)4-8/h2-4,7,11-12,18-19H,5-6,15H2,1H3,(H,16,20). The number of benzene rings is 1. The fourth-order valence-corrected chi connectivity index (χ4v) is 2.27. The monoisotopic (exact) mass is 299 g/mol. The summed E-state index contributed by atoms with van der Waals surface area (Å²) in [5.74, 6) is -0.229. The molecule has 1 aliphatic rings. The van der Waals surface area contributed by atoms with Gasteiger partial charge in [-0.3, -0.25) is 9.69 Å². The molecule has 0 aliphatic carbocycles. The first-order valence-electron chi connectivity index (χ1n) is 6.34. The van der Waals surface area contributed by atoms with Gasteiger partial charge in [0.05, 0.1) is 29.0 Å². The molecule has 2 rings (SSSR count). The molecule has 1 aromatic rings. The van der Waals surface area contributed by atoms with Gasteiger partial charge in [0.1, 0.15) is 0 Å². The van der Waals surface area contributed by atoms with Gasteiger partial charge in [0.15, 0.2) is 0 Å². The molecule has 1 saturated heterocycles. The molecule has 5 N–H and O–H groups in total. The molecule has 1 heterocycles. The maximum atomic E-state index is 12.1. The normalized spacial score (nSPS) is 24.6. The largest absolute Gasteiger partial charge is 0.397 e. The van der Waals surface area contributed by atoms with Gasteiger partial charge in [0.2, 0.25) is 5.91 Å². The van der Waals surface area contributed by atoms with Crippen molar-refractivity contribution in [2.24, 2.45) is 0 Å². The molecule has 1 aromatic carbocycles. The lowest BCUT2D eigenvalue weighted by atomic mass is 10.2. The maximum Gasteiger partial charge on any atom is 0.241 e. The molecule has 1 fully saturated rings. The minimum atomic E-state index is -0.809. The van der Waals surface area contributed by atoms with Gasteiger partial charge in [0, 0.05) is 18.8 Å². The summed E-state index contributed by atoms with van der Waals surface area (Å²) < 4.78 is 0. The Morgan fingerprint density at radius 3 is 2.60 bits per heavy atom. The molecule has 3 atom stereocenters. The third-order valence-corrected chi connectivity index (χ3v) is 3.82. The number of carbonyl (C=O) groups excluding carboxylic acids is 1. The van der Waals surface area contributed by atoms with Crippen LogP contribution in [0, 0.1) is 0 Å². The highest BCUT2D eigenvalue weighted by molar-refractivity contribution is 6.33. The Labute approximate surface area is 122 Å². The van der Waals surface area contributed by atoms with Crippen molar-refractivity contribution in [2.45, 2.75) is 25.2 Å². The number of hydrogen-bond acceptors (Lipinski definition) is 5. The second kappa shape index (κ2) is 5.97. The quantitative estimate of drug-likeness (QED) is 0.601. The zero-order valence-electron chi connectivity index (χ0n) is 11.1. The van der Waals surface area contributed by atoms with Crippen LogP contribution in [0.2, 0.25) is 5.02 Å². The molecule has 0 radical (unpaired) electrons. The van der Waals surface area contributed by atoms with E-state index in [2.05, 4.69) is 5.32 Å². The van der Waals surface area contributed by atoms with E-state index in [0.29, 0.717) is 16.4 Å². The third kappa shape index (κ3) is 3.21. The van der Waals surface area contributed by atoms with E-state index in [4.69, 9.17) is 17.3 Å². The van der Waals surface area contributed by atoms with Gasteiger partial charge in [0.25, 0.3) is 0 Å². The number of rotatable bonds is 3. The Hall–Kier alpha value is -1.34. The summed E-state index contributed by atoms with van der Waals surface area (Å²) in [6, 6.07) is 4.40. The summed E-state index contributed by atoms with van der Waals surface area (Å²) in [5.41, 5.74) is 6.62. The van der Waals surface area contributed by atoms with Crippen molar-refractivity contribution in [3.05, 3.63) is 23.2 Å². The number of amides is 1. The highest BCUT2D eigenvalue weighted by Gasteiger charge is 2.34. The first-order chi connectivity index (χ1) is 9.38. The predicted octanol–water partition coefficient (Wildman–Crippen LogP) is 0.287. The SMILES string of the molecule is CC(C(=O)Nc1ccc(Cl)c(N)c1)N1CC(O)C(O)C1. The fourth-order valence-electron chi connectivity index (χ4n) is 2.15. The molecule has 1 amide bonds. The highest BCUT2D eigenvalue weighted by atomic mass is 35.5. The number of β-amino-alcohol motifs (C(OH)–C–C–N with tert-alkyl or cyclic N) is 2. The lowest BCUT2D eigenvalue weighted by Gasteiger charge is -2.22. The van der Waals surface area contributed by atoms with Crippen LogP contribution in [-0.4, -0.2) is 52.4 Å². The van der Waals surface area contributed by atoms with E-state index >= 15 is 0 Å². The molecule has 1 aliphatic heterocycles. The van der Waals surface area contributed by atoms with E-state index < -0.39 is 18.2 Å². The van der Waals surface area contributed by atoms with Gasteiger partial charge in [-0.25, -0.2) is 0 Å². The summed E-state index contributed by atoms with van der Waals surface area (Å²) in [4.78, 5) is 13.8. The minimum Gasteiger partial charge on any atom is -0.397 e. The third-order valence-electron chi connectivity index (χ3n) is 3.48. The number of carbonyl (C=O) groups is 1. The van der Waals surface area contributed by atoms with E-state index in [1.807, 2.05) is 0 Å². The Bertz CT molecular complexity index is 502. The summed E-state index contributed by atoms with van der Waals surface area (Å²) in [5, 5.41) is 22.2. The van der Waals surface area contributed by atoms with Crippen molar-refractivity contribution in [2.75, 3.05) is 24.1 Å². The number of aliphatic hydroxyl groups excluding tert-OH is 2. The molecule has 20 heavy (non-hydrogen) atoms. The van der Waals surface area contributed by atoms with Gasteiger partial charge in [-0.1, -0.05) is 11.6 Å². The van der Waals surface area contributed by atoms with E-state index in [-0.39, 0.29) is 19.0 Å². The lowest BCUT2D eigenvalue weighted by molar-refractivity contribution is -0.120. The van der Waals surface area contributed by atoms with Crippen LogP contribution in [0.4, 0.5) is 11.4 Å². The predicted molar refractivity (Wildman–Crippen MR) is 77.5 cm³/mol. The Kier molecular flexibility index (Phi) is 4.49. The Morgan fingerprint density at radius 2 is 2.05 bits per heavy atom. The van der Waals surface area contributed by atoms with Gasteiger partial charge in [-0.15, -0.1) is 0 Å². The summed E-state index contributed by atoms with van der Waals surface area (Å²) >= 11 is 5.81. The molecule has 7 heteroatoms. The molecule has 0 aromatic heterocycles. The molecule has 0 bridgehead atoms. The molecular weight excluding hydrogens is 282 g/mol. The molecule has 3 unspecified atom stereocenters. The van der Waals surface area contributed by atoms with Crippen LogP contribution in [0.25, 0.3) is 0 Å². The second-order valence-corrected chi connectivity index (χ2v) is 5.40. The van der Waals surface area contributed by atoms with Gasteiger partial charge >= 0.3 is 0 Å². The zero-order chi connectivity index (χ0) is 14.9. The van der Waals surface area contributed by atoms with Crippen LogP contribution in [0.1, 0.15) is 6.92 Å². The summed E-state index contributed by atoms with van der Waals surface area (Å²) in [7, 11) is 0. The smallest absolute Gasteiger partial charge is 0.241 e. The molecule has 0 saturated carbocycles. The zero-order valence-corrected chi connectivity index (χ0v) is 11.8. The number of likely N-dealkylation sites (tertiary alicyclic amines) is 1. The van der Waals surface area contributed by atoms with Gasteiger partial charge in [-0.2, -0.15) is 0 Å². The number of nitrogens with two attached hydrogens (primary N) is 1. The number of anilines is 2. The number of halogens is 1. The van der Waals surface area contributed by atoms with Crippen molar-refractivity contribution in [1.29, 1.82) is 0 Å². The highest BCUT2D eigenvalue weighted by Crippen LogP contribution is 2.23. The first-order valence-corrected chi connectivity index (χ1v) is 6.72. The first kappa shape index (κ1) is 15.1. The average molecular weight is 300 g/mol. The van der Waals surface area contributed by atoms with E-state index in [9.17, 15) is 15.0 Å². The number of hydrogen-bond donors (Lipinski definition) is 4. The number of nitrogens with one attached hydrogen (secondary N) is 1. The maximum absolute atomic E-state index is 12.1. The van der Waals surface area contributed by atoms with Crippen molar-refractivity contribution < 1.29 is 15.0 Å². The van der Waals surface area contributed by atoms with Crippen molar-refractivity contribution in [1.82, 2.24) is 4.90 Å². The van der Waals surface area contributed by atoms with Gasteiger partial charge < -0.3 is 21.3 Å². The van der Waals surface area contributed by atoms with E-state index in [0.717, 1.165) is 0 Å². The van der Waals surface area contributed by atoms with Crippen LogP contribution in [0.5, 0.6) is 0 Å². The number of nitrogens with zero attached hydrogens (tertiary/aromatic N) is 1. The molecule has 0 spiro atoms. The van der Waals surface area contributed by atoms with Crippen molar-refractivity contribution in [3.8, 4) is 0 Å². The average Bonchev–Trinajstić information content (AvgIpc) is 2.73. The Balaban J connectivity index is 1.99. The number of nitrogen functional groups attached to an aromatic ring is 1. The van der Waals surface area contributed by atoms with Crippen molar-refractivity contribution >= 4 is 28.9 Å². The minimum absolute atomic E-state index is 0.229. The van der Waals surface area contributed by atoms with Gasteiger partial charge in [-0.05, 0) is 25.1 Å². The molecular formula is C13H18ClN3O3. The lowest BCUT2D eigenvalue weighted by Crippen LogP contribution is -2.41. The summed E-state index contributed by atoms with van der Waals surface area (Å²) in [6.45, 7) is 2.27. The molecule has 6 nitrogen and oxygen atoms in total. The Morgan fingerprint density at radius 1 is 1.45 bits per heavy atom. The van der Waals surface area contributed by atoms with E-state index in [1.54, 1.807) is 30.0 Å². The number of aliphatic hydroxyl groups is 2. The fraction of sp³-hybridized carbons (Fsp3) is 0.462. The van der Waals surface area contributed by atoms with Crippen LogP contribution < -0.4 is 11.1 Å². The van der Waals surface area contributed by atoms with E-state index in [1.165, 1.54) is 0 Å². The van der Waals surface area contributed by atoms with Crippen LogP contribution in [-0.2, 0) is 4.79 Å².